The fourth-order valence-corrected chi connectivity index (χ4v) is 3.33. The first-order chi connectivity index (χ1) is 6.75. The van der Waals surface area contributed by atoms with Gasteiger partial charge in [0.05, 0.1) is 6.10 Å². The summed E-state index contributed by atoms with van der Waals surface area (Å²) in [5, 5.41) is 9.47. The van der Waals surface area contributed by atoms with Gasteiger partial charge in [-0.15, -0.1) is 0 Å². The molecule has 1 N–H and O–H groups in total. The van der Waals surface area contributed by atoms with Crippen LogP contribution in [-0.4, -0.2) is 11.2 Å². The Morgan fingerprint density at radius 1 is 0.733 bits per heavy atom. The van der Waals surface area contributed by atoms with Crippen molar-refractivity contribution in [2.45, 2.75) is 64.4 Å². The molecule has 0 saturated heterocycles. The van der Waals surface area contributed by atoms with Crippen molar-refractivity contribution < 1.29 is 37.8 Å². The predicted octanol–water partition coefficient (Wildman–Crippen LogP) is 3.36. The summed E-state index contributed by atoms with van der Waals surface area (Å²) in [7, 11) is 0. The molecule has 0 aromatic rings. The summed E-state index contributed by atoms with van der Waals surface area (Å²) in [5.74, 6) is 2.92. The van der Waals surface area contributed by atoms with E-state index in [1.165, 1.54) is 38.5 Å². The normalized spacial score (nSPS) is 42.0. The van der Waals surface area contributed by atoms with E-state index in [2.05, 4.69) is 6.92 Å². The van der Waals surface area contributed by atoms with Gasteiger partial charge in [0.1, 0.15) is 0 Å². The van der Waals surface area contributed by atoms with Crippen LogP contribution >= 0.6 is 0 Å². The fraction of sp³-hybridized carbons (Fsp3) is 1.00. The second-order valence-corrected chi connectivity index (χ2v) is 5.59. The Hall–Kier alpha value is 1.06. The van der Waals surface area contributed by atoms with Gasteiger partial charge in [-0.25, -0.2) is 0 Å². The minimum absolute atomic E-state index is 0. The minimum atomic E-state index is 0. The molecule has 1 radical (unpaired) electrons. The second kappa shape index (κ2) is 6.72. The molecule has 0 spiro atoms. The summed E-state index contributed by atoms with van der Waals surface area (Å²) in [6, 6.07) is 0. The maximum atomic E-state index is 9.47. The topological polar surface area (TPSA) is 20.2 Å². The van der Waals surface area contributed by atoms with E-state index in [9.17, 15) is 5.11 Å². The summed E-state index contributed by atoms with van der Waals surface area (Å²) >= 11 is 0. The monoisotopic (exact) mass is 285 g/mol. The number of hydrogen-bond acceptors (Lipinski definition) is 1. The van der Waals surface area contributed by atoms with Crippen LogP contribution in [0.5, 0.6) is 0 Å². The van der Waals surface area contributed by atoms with Crippen LogP contribution in [0.2, 0.25) is 0 Å². The minimum Gasteiger partial charge on any atom is -0.393 e. The Morgan fingerprint density at radius 2 is 1.13 bits per heavy atom. The van der Waals surface area contributed by atoms with Crippen LogP contribution in [-0.2, 0) is 32.7 Å². The summed E-state index contributed by atoms with van der Waals surface area (Å²) in [6.07, 6.45) is 10.6. The van der Waals surface area contributed by atoms with Crippen molar-refractivity contribution in [3.05, 3.63) is 0 Å². The van der Waals surface area contributed by atoms with E-state index in [-0.39, 0.29) is 38.8 Å². The van der Waals surface area contributed by atoms with Crippen LogP contribution in [0.15, 0.2) is 0 Å². The molecule has 2 fully saturated rings. The Kier molecular flexibility index (Phi) is 6.32. The number of aliphatic hydroxyl groups is 1. The molecule has 2 aliphatic carbocycles. The molecule has 0 aromatic carbocycles. The second-order valence-electron chi connectivity index (χ2n) is 5.59. The Bertz CT molecular complexity index is 147. The first-order valence-corrected chi connectivity index (χ1v) is 6.43. The van der Waals surface area contributed by atoms with Gasteiger partial charge in [0, 0.05) is 32.7 Å². The third kappa shape index (κ3) is 4.09. The van der Waals surface area contributed by atoms with E-state index >= 15 is 0 Å². The van der Waals surface area contributed by atoms with Crippen LogP contribution in [0.4, 0.5) is 0 Å². The zero-order valence-electron chi connectivity index (χ0n) is 9.99. The summed E-state index contributed by atoms with van der Waals surface area (Å²) in [6.45, 7) is 2.39. The molecule has 2 aliphatic rings. The van der Waals surface area contributed by atoms with Crippen LogP contribution in [0.25, 0.3) is 0 Å². The van der Waals surface area contributed by atoms with Gasteiger partial charge in [-0.1, -0.05) is 19.8 Å². The molecule has 0 heterocycles. The smallest absolute Gasteiger partial charge is 0.0540 e. The molecular weight excluding hydrogens is 261 g/mol. The molecule has 0 atom stereocenters. The van der Waals surface area contributed by atoms with Crippen molar-refractivity contribution in [2.75, 3.05) is 0 Å². The van der Waals surface area contributed by atoms with Gasteiger partial charge in [0.2, 0.25) is 0 Å². The van der Waals surface area contributed by atoms with Crippen molar-refractivity contribution in [3.63, 3.8) is 0 Å². The first kappa shape index (κ1) is 14.1. The predicted molar refractivity (Wildman–Crippen MR) is 59.1 cm³/mol. The van der Waals surface area contributed by atoms with Crippen LogP contribution in [0.1, 0.15) is 58.3 Å². The van der Waals surface area contributed by atoms with E-state index in [0.29, 0.717) is 0 Å². The third-order valence-electron chi connectivity index (χ3n) is 4.47. The summed E-state index contributed by atoms with van der Waals surface area (Å²) in [4.78, 5) is 0. The van der Waals surface area contributed by atoms with E-state index in [1.807, 2.05) is 0 Å². The van der Waals surface area contributed by atoms with Crippen LogP contribution in [0.3, 0.4) is 0 Å². The molecule has 85 valence electrons. The van der Waals surface area contributed by atoms with Gasteiger partial charge < -0.3 is 5.11 Å². The van der Waals surface area contributed by atoms with Gasteiger partial charge in [-0.3, -0.25) is 0 Å². The van der Waals surface area contributed by atoms with E-state index in [1.54, 1.807) is 0 Å². The molecule has 0 bridgehead atoms. The fourth-order valence-electron chi connectivity index (χ4n) is 3.33. The Labute approximate surface area is 119 Å². The number of aliphatic hydroxyl groups excluding tert-OH is 1. The van der Waals surface area contributed by atoms with Crippen molar-refractivity contribution in [1.82, 2.24) is 0 Å². The van der Waals surface area contributed by atoms with Gasteiger partial charge in [-0.2, -0.15) is 0 Å². The molecule has 0 amide bonds. The first-order valence-electron chi connectivity index (χ1n) is 6.43. The largest absolute Gasteiger partial charge is 0.393 e. The zero-order chi connectivity index (χ0) is 9.97. The van der Waals surface area contributed by atoms with Gasteiger partial charge in [0.15, 0.2) is 0 Å². The van der Waals surface area contributed by atoms with E-state index in [0.717, 1.165) is 30.6 Å². The van der Waals surface area contributed by atoms with Gasteiger partial charge in [0.25, 0.3) is 0 Å². The number of hydrogen-bond donors (Lipinski definition) is 1. The number of rotatable bonds is 1. The molecule has 2 saturated carbocycles. The molecule has 2 heteroatoms. The molecule has 15 heavy (non-hydrogen) atoms. The Morgan fingerprint density at radius 3 is 1.60 bits per heavy atom. The zero-order valence-corrected chi connectivity index (χ0v) is 12.8. The van der Waals surface area contributed by atoms with Crippen molar-refractivity contribution in [3.8, 4) is 0 Å². The molecule has 1 nitrogen and oxygen atoms in total. The van der Waals surface area contributed by atoms with Crippen LogP contribution < -0.4 is 0 Å². The SMILES string of the molecule is CC1CCC(C2CCC(O)CC2)CC1.[Y]. The summed E-state index contributed by atoms with van der Waals surface area (Å²) in [5.41, 5.74) is 0. The van der Waals surface area contributed by atoms with Gasteiger partial charge >= 0.3 is 0 Å². The quantitative estimate of drug-likeness (QED) is 0.783. The van der Waals surface area contributed by atoms with Gasteiger partial charge in [-0.05, 0) is 56.3 Å². The molecule has 0 aromatic heterocycles. The molecule has 2 rings (SSSR count). The van der Waals surface area contributed by atoms with Crippen molar-refractivity contribution in [1.29, 1.82) is 0 Å². The molecule has 0 unspecified atom stereocenters. The Balaban J connectivity index is 0.00000112. The average Bonchev–Trinajstić information content (AvgIpc) is 2.21. The average molecular weight is 285 g/mol. The molecule has 0 aliphatic heterocycles. The van der Waals surface area contributed by atoms with E-state index < -0.39 is 0 Å². The summed E-state index contributed by atoms with van der Waals surface area (Å²) < 4.78 is 0. The maximum Gasteiger partial charge on any atom is 0.0540 e. The van der Waals surface area contributed by atoms with Crippen molar-refractivity contribution in [2.24, 2.45) is 17.8 Å². The standard InChI is InChI=1S/C13H24O.Y/c1-10-2-4-11(5-3-10)12-6-8-13(14)9-7-12;/h10-14H,2-9H2,1H3;. The third-order valence-corrected chi connectivity index (χ3v) is 4.47. The van der Waals surface area contributed by atoms with E-state index in [4.69, 9.17) is 0 Å². The van der Waals surface area contributed by atoms with Crippen molar-refractivity contribution >= 4 is 0 Å². The van der Waals surface area contributed by atoms with Crippen LogP contribution in [0, 0.1) is 17.8 Å². The molecular formula is C13H24OY. The maximum absolute atomic E-state index is 9.47.